The molecule has 0 bridgehead atoms. The first kappa shape index (κ1) is 13.1. The van der Waals surface area contributed by atoms with Gasteiger partial charge in [0.05, 0.1) is 0 Å². The molecule has 20 heavy (non-hydrogen) atoms. The van der Waals surface area contributed by atoms with E-state index in [1.165, 1.54) is 44.9 Å². The van der Waals surface area contributed by atoms with Crippen LogP contribution in [0.1, 0.15) is 51.9 Å². The molecule has 1 saturated heterocycles. The van der Waals surface area contributed by atoms with E-state index in [1.807, 2.05) is 0 Å². The van der Waals surface area contributed by atoms with Crippen molar-refractivity contribution in [2.75, 3.05) is 26.2 Å². The van der Waals surface area contributed by atoms with Crippen LogP contribution >= 0.6 is 0 Å². The first-order valence-corrected chi connectivity index (χ1v) is 8.71. The van der Waals surface area contributed by atoms with Gasteiger partial charge in [-0.2, -0.15) is 0 Å². The number of nitrogens with zero attached hydrogens (tertiary/aromatic N) is 2. The Morgan fingerprint density at radius 2 is 1.65 bits per heavy atom. The van der Waals surface area contributed by atoms with Gasteiger partial charge in [-0.25, -0.2) is 0 Å². The first-order chi connectivity index (χ1) is 9.68. The minimum atomic E-state index is 0.421. The van der Waals surface area contributed by atoms with E-state index in [9.17, 15) is 4.79 Å². The summed E-state index contributed by atoms with van der Waals surface area (Å²) in [6.07, 6.45) is 9.39. The van der Waals surface area contributed by atoms with Crippen molar-refractivity contribution in [3.63, 3.8) is 0 Å². The Bertz CT molecular complexity index is 388. The van der Waals surface area contributed by atoms with Crippen molar-refractivity contribution in [1.82, 2.24) is 9.80 Å². The Morgan fingerprint density at radius 3 is 2.20 bits per heavy atom. The number of carbonyl (C=O) groups excluding carboxylic acids is 1. The van der Waals surface area contributed by atoms with Crippen LogP contribution in [-0.4, -0.2) is 47.9 Å². The van der Waals surface area contributed by atoms with E-state index in [0.717, 1.165) is 38.1 Å². The van der Waals surface area contributed by atoms with E-state index < -0.39 is 0 Å². The maximum absolute atomic E-state index is 12.4. The molecule has 3 heteroatoms. The second-order valence-corrected chi connectivity index (χ2v) is 7.89. The average Bonchev–Trinajstić information content (AvgIpc) is 3.40. The number of hydrogen-bond donors (Lipinski definition) is 0. The summed E-state index contributed by atoms with van der Waals surface area (Å²) in [6, 6.07) is 0.805. The molecule has 112 valence electrons. The van der Waals surface area contributed by atoms with E-state index in [4.69, 9.17) is 0 Å². The third-order valence-corrected chi connectivity index (χ3v) is 6.51. The molecule has 3 nitrogen and oxygen atoms in total. The summed E-state index contributed by atoms with van der Waals surface area (Å²) in [5.74, 6) is 1.84. The fourth-order valence-electron chi connectivity index (χ4n) is 4.55. The molecule has 1 heterocycles. The van der Waals surface area contributed by atoms with E-state index >= 15 is 0 Å². The maximum atomic E-state index is 12.4. The van der Waals surface area contributed by atoms with Gasteiger partial charge in [0, 0.05) is 38.1 Å². The lowest BCUT2D eigenvalue weighted by atomic mass is 9.86. The largest absolute Gasteiger partial charge is 0.340 e. The van der Waals surface area contributed by atoms with Crippen LogP contribution in [0.25, 0.3) is 0 Å². The standard InChI is InChI=1S/C17H28N2O/c1-13-2-4-14(5-3-13)18-8-10-19(11-9-18)16(20)15-12-17(15)6-7-17/h13-15H,2-12H2,1H3. The van der Waals surface area contributed by atoms with Gasteiger partial charge in [0.25, 0.3) is 0 Å². The highest BCUT2D eigenvalue weighted by Crippen LogP contribution is 2.70. The third-order valence-electron chi connectivity index (χ3n) is 6.51. The van der Waals surface area contributed by atoms with Gasteiger partial charge in [-0.3, -0.25) is 9.69 Å². The molecule has 4 rings (SSSR count). The van der Waals surface area contributed by atoms with Gasteiger partial charge in [-0.1, -0.05) is 6.92 Å². The molecule has 4 fully saturated rings. The van der Waals surface area contributed by atoms with Crippen molar-refractivity contribution in [3.05, 3.63) is 0 Å². The van der Waals surface area contributed by atoms with E-state index in [0.29, 0.717) is 17.2 Å². The molecule has 1 aliphatic heterocycles. The molecule has 0 N–H and O–H groups in total. The second-order valence-electron chi connectivity index (χ2n) is 7.89. The summed E-state index contributed by atoms with van der Waals surface area (Å²) in [5.41, 5.74) is 0.522. The van der Waals surface area contributed by atoms with Crippen LogP contribution in [0.15, 0.2) is 0 Å². The van der Waals surface area contributed by atoms with Crippen LogP contribution in [0, 0.1) is 17.3 Å². The molecule has 1 atom stereocenters. The number of piperazine rings is 1. The lowest BCUT2D eigenvalue weighted by Gasteiger charge is -2.41. The quantitative estimate of drug-likeness (QED) is 0.774. The predicted octanol–water partition coefficient (Wildman–Crippen LogP) is 2.51. The van der Waals surface area contributed by atoms with Gasteiger partial charge in [0.2, 0.25) is 5.91 Å². The molecule has 0 aromatic heterocycles. The number of hydrogen-bond acceptors (Lipinski definition) is 2. The summed E-state index contributed by atoms with van der Waals surface area (Å²) in [4.78, 5) is 17.3. The van der Waals surface area contributed by atoms with Crippen LogP contribution in [0.5, 0.6) is 0 Å². The lowest BCUT2D eigenvalue weighted by Crippen LogP contribution is -2.53. The lowest BCUT2D eigenvalue weighted by molar-refractivity contribution is -0.135. The van der Waals surface area contributed by atoms with Crippen LogP contribution in [0.2, 0.25) is 0 Å². The SMILES string of the molecule is CC1CCC(N2CCN(C(=O)C3CC34CC4)CC2)CC1. The zero-order valence-corrected chi connectivity index (χ0v) is 12.8. The van der Waals surface area contributed by atoms with Crippen molar-refractivity contribution in [2.45, 2.75) is 57.9 Å². The van der Waals surface area contributed by atoms with Crippen LogP contribution in [-0.2, 0) is 4.79 Å². The van der Waals surface area contributed by atoms with Crippen LogP contribution < -0.4 is 0 Å². The molecule has 3 saturated carbocycles. The number of rotatable bonds is 2. The van der Waals surface area contributed by atoms with E-state index in [-0.39, 0.29) is 0 Å². The van der Waals surface area contributed by atoms with Gasteiger partial charge in [0.1, 0.15) is 0 Å². The predicted molar refractivity (Wildman–Crippen MR) is 79.3 cm³/mol. The van der Waals surface area contributed by atoms with Crippen molar-refractivity contribution < 1.29 is 4.79 Å². The van der Waals surface area contributed by atoms with Crippen molar-refractivity contribution in [2.24, 2.45) is 17.3 Å². The van der Waals surface area contributed by atoms with Crippen molar-refractivity contribution in [1.29, 1.82) is 0 Å². The summed E-state index contributed by atoms with van der Waals surface area (Å²) in [6.45, 7) is 6.58. The fourth-order valence-corrected chi connectivity index (χ4v) is 4.55. The summed E-state index contributed by atoms with van der Waals surface area (Å²) < 4.78 is 0. The topological polar surface area (TPSA) is 23.6 Å². The van der Waals surface area contributed by atoms with Crippen molar-refractivity contribution >= 4 is 5.91 Å². The Labute approximate surface area is 122 Å². The van der Waals surface area contributed by atoms with Gasteiger partial charge in [-0.15, -0.1) is 0 Å². The fraction of sp³-hybridized carbons (Fsp3) is 0.941. The van der Waals surface area contributed by atoms with E-state index in [2.05, 4.69) is 16.7 Å². The molecule has 1 amide bonds. The minimum absolute atomic E-state index is 0.421. The van der Waals surface area contributed by atoms with Crippen molar-refractivity contribution in [3.8, 4) is 0 Å². The van der Waals surface area contributed by atoms with Gasteiger partial charge in [0.15, 0.2) is 0 Å². The Morgan fingerprint density at radius 1 is 1.00 bits per heavy atom. The second kappa shape index (κ2) is 4.72. The highest BCUT2D eigenvalue weighted by molar-refractivity contribution is 5.83. The smallest absolute Gasteiger partial charge is 0.226 e. The molecule has 0 aromatic carbocycles. The number of carbonyl (C=O) groups is 1. The van der Waals surface area contributed by atoms with Crippen LogP contribution in [0.3, 0.4) is 0 Å². The minimum Gasteiger partial charge on any atom is -0.340 e. The highest BCUT2D eigenvalue weighted by atomic mass is 16.2. The summed E-state index contributed by atoms with van der Waals surface area (Å²) >= 11 is 0. The third kappa shape index (κ3) is 2.28. The Hall–Kier alpha value is -0.570. The molecule has 0 radical (unpaired) electrons. The molecule has 1 unspecified atom stereocenters. The monoisotopic (exact) mass is 276 g/mol. The molecule has 1 spiro atoms. The van der Waals surface area contributed by atoms with Gasteiger partial charge < -0.3 is 4.90 Å². The first-order valence-electron chi connectivity index (χ1n) is 8.71. The zero-order valence-electron chi connectivity index (χ0n) is 12.8. The molecule has 3 aliphatic carbocycles. The summed E-state index contributed by atoms with van der Waals surface area (Å²) in [7, 11) is 0. The highest BCUT2D eigenvalue weighted by Gasteiger charge is 2.66. The maximum Gasteiger partial charge on any atom is 0.226 e. The number of amides is 1. The summed E-state index contributed by atoms with van der Waals surface area (Å²) in [5, 5.41) is 0. The molecule has 0 aromatic rings. The molecular weight excluding hydrogens is 248 g/mol. The molecule has 4 aliphatic rings. The normalized spacial score (nSPS) is 39.9. The Balaban J connectivity index is 1.26. The average molecular weight is 276 g/mol. The Kier molecular flexibility index (Phi) is 3.10. The van der Waals surface area contributed by atoms with Crippen LogP contribution in [0.4, 0.5) is 0 Å². The zero-order chi connectivity index (χ0) is 13.7. The van der Waals surface area contributed by atoms with Gasteiger partial charge in [-0.05, 0) is 56.3 Å². The van der Waals surface area contributed by atoms with Gasteiger partial charge >= 0.3 is 0 Å². The molecular formula is C17H28N2O. The van der Waals surface area contributed by atoms with E-state index in [1.54, 1.807) is 0 Å².